The van der Waals surface area contributed by atoms with Crippen LogP contribution in [0.4, 0.5) is 5.69 Å². The molecule has 0 N–H and O–H groups in total. The molecule has 1 unspecified atom stereocenters. The highest BCUT2D eigenvalue weighted by molar-refractivity contribution is 9.10. The molecule has 2 aromatic carbocycles. The van der Waals surface area contributed by atoms with Crippen molar-refractivity contribution < 1.29 is 14.3 Å². The molecule has 0 saturated heterocycles. The van der Waals surface area contributed by atoms with Crippen molar-refractivity contribution in [3.05, 3.63) is 89.0 Å². The lowest BCUT2D eigenvalue weighted by molar-refractivity contribution is -0.139. The van der Waals surface area contributed by atoms with Gasteiger partial charge in [-0.2, -0.15) is 0 Å². The second-order valence-electron chi connectivity index (χ2n) is 8.18. The number of anilines is 1. The van der Waals surface area contributed by atoms with Gasteiger partial charge in [-0.15, -0.1) is 0 Å². The number of aromatic nitrogens is 1. The molecule has 1 atom stereocenters. The van der Waals surface area contributed by atoms with Crippen LogP contribution < -0.4 is 24.5 Å². The number of carbonyl (C=O) groups is 1. The Hall–Kier alpha value is -3.17. The lowest BCUT2D eigenvalue weighted by Gasteiger charge is -2.25. The van der Waals surface area contributed by atoms with Gasteiger partial charge in [0, 0.05) is 19.8 Å². The predicted molar refractivity (Wildman–Crippen MR) is 142 cm³/mol. The standard InChI is InChI=1S/C26H26BrN3O4S/c1-6-34-25(32)22-15(2)28-26-30(23(22)17-9-12-20(33-5)19(27)14-17)24(31)21(35-26)13-16-7-10-18(11-8-16)29(3)4/h7-14,23H,6H2,1-5H3/b21-13-. The summed E-state index contributed by atoms with van der Waals surface area (Å²) in [6, 6.07) is 12.8. The van der Waals surface area contributed by atoms with Crippen LogP contribution in [0, 0.1) is 0 Å². The number of benzene rings is 2. The average molecular weight is 556 g/mol. The van der Waals surface area contributed by atoms with Crippen LogP contribution in [0.5, 0.6) is 5.75 Å². The van der Waals surface area contributed by atoms with Crippen molar-refractivity contribution in [3.8, 4) is 5.75 Å². The number of rotatable bonds is 6. The summed E-state index contributed by atoms with van der Waals surface area (Å²) in [5.41, 5.74) is 3.39. The first-order valence-corrected chi connectivity index (χ1v) is 12.7. The number of fused-ring (bicyclic) bond motifs is 1. The molecule has 1 aliphatic rings. The summed E-state index contributed by atoms with van der Waals surface area (Å²) in [4.78, 5) is 33.9. The summed E-state index contributed by atoms with van der Waals surface area (Å²) >= 11 is 4.83. The minimum atomic E-state index is -0.675. The molecule has 7 nitrogen and oxygen atoms in total. The smallest absolute Gasteiger partial charge is 0.338 e. The molecule has 0 bridgehead atoms. The normalized spacial score (nSPS) is 15.5. The maximum atomic E-state index is 13.7. The molecule has 2 heterocycles. The maximum Gasteiger partial charge on any atom is 0.338 e. The minimum absolute atomic E-state index is 0.211. The van der Waals surface area contributed by atoms with Gasteiger partial charge >= 0.3 is 5.97 Å². The van der Waals surface area contributed by atoms with Crippen molar-refractivity contribution >= 4 is 45.0 Å². The highest BCUT2D eigenvalue weighted by Gasteiger charge is 2.33. The number of carbonyl (C=O) groups excluding carboxylic acids is 1. The van der Waals surface area contributed by atoms with E-state index in [0.717, 1.165) is 21.3 Å². The zero-order valence-electron chi connectivity index (χ0n) is 20.2. The Morgan fingerprint density at radius 2 is 1.94 bits per heavy atom. The molecular weight excluding hydrogens is 530 g/mol. The van der Waals surface area contributed by atoms with Crippen LogP contribution in [0.25, 0.3) is 6.08 Å². The molecule has 9 heteroatoms. The molecule has 1 aliphatic heterocycles. The van der Waals surface area contributed by atoms with E-state index in [1.54, 1.807) is 31.6 Å². The van der Waals surface area contributed by atoms with Gasteiger partial charge in [-0.3, -0.25) is 9.36 Å². The second kappa shape index (κ2) is 10.2. The predicted octanol–water partition coefficient (Wildman–Crippen LogP) is 3.64. The van der Waals surface area contributed by atoms with Crippen molar-refractivity contribution in [3.63, 3.8) is 0 Å². The highest BCUT2D eigenvalue weighted by atomic mass is 79.9. The van der Waals surface area contributed by atoms with Gasteiger partial charge in [0.25, 0.3) is 5.56 Å². The molecular formula is C26H26BrN3O4S. The summed E-state index contributed by atoms with van der Waals surface area (Å²) in [6.07, 6.45) is 1.85. The van der Waals surface area contributed by atoms with Gasteiger partial charge in [0.2, 0.25) is 0 Å². The molecule has 0 aliphatic carbocycles. The summed E-state index contributed by atoms with van der Waals surface area (Å²) in [7, 11) is 5.55. The van der Waals surface area contributed by atoms with E-state index in [2.05, 4.69) is 20.9 Å². The number of thiazole rings is 1. The summed E-state index contributed by atoms with van der Waals surface area (Å²) in [5, 5.41) is 0. The number of halogens is 1. The van der Waals surface area contributed by atoms with Crippen molar-refractivity contribution in [2.24, 2.45) is 4.99 Å². The number of hydrogen-bond acceptors (Lipinski definition) is 7. The van der Waals surface area contributed by atoms with Crippen molar-refractivity contribution in [2.45, 2.75) is 19.9 Å². The van der Waals surface area contributed by atoms with Crippen LogP contribution in [0.3, 0.4) is 0 Å². The Balaban J connectivity index is 1.91. The molecule has 0 radical (unpaired) electrons. The zero-order chi connectivity index (χ0) is 25.3. The van der Waals surface area contributed by atoms with Gasteiger partial charge in [-0.05, 0) is 71.2 Å². The van der Waals surface area contributed by atoms with E-state index >= 15 is 0 Å². The highest BCUT2D eigenvalue weighted by Crippen LogP contribution is 2.35. The van der Waals surface area contributed by atoms with E-state index in [1.807, 2.05) is 61.5 Å². The first-order valence-electron chi connectivity index (χ1n) is 11.1. The molecule has 3 aromatic rings. The van der Waals surface area contributed by atoms with Gasteiger partial charge in [-0.1, -0.05) is 29.5 Å². The Morgan fingerprint density at radius 1 is 1.23 bits per heavy atom. The molecule has 0 saturated carbocycles. The third-order valence-corrected chi connectivity index (χ3v) is 7.32. The third-order valence-electron chi connectivity index (χ3n) is 5.72. The molecule has 4 rings (SSSR count). The number of hydrogen-bond donors (Lipinski definition) is 0. The van der Waals surface area contributed by atoms with E-state index in [4.69, 9.17) is 9.47 Å². The Bertz CT molecular complexity index is 1490. The molecule has 35 heavy (non-hydrogen) atoms. The topological polar surface area (TPSA) is 73.1 Å². The van der Waals surface area contributed by atoms with E-state index in [1.165, 1.54) is 11.3 Å². The molecule has 182 valence electrons. The fourth-order valence-corrected chi connectivity index (χ4v) is 5.58. The second-order valence-corrected chi connectivity index (χ2v) is 10.0. The maximum absolute atomic E-state index is 13.7. The largest absolute Gasteiger partial charge is 0.496 e. The summed E-state index contributed by atoms with van der Waals surface area (Å²) < 4.78 is 13.6. The fraction of sp³-hybridized carbons (Fsp3) is 0.269. The number of esters is 1. The average Bonchev–Trinajstić information content (AvgIpc) is 3.12. The van der Waals surface area contributed by atoms with Crippen LogP contribution >= 0.6 is 27.3 Å². The van der Waals surface area contributed by atoms with Gasteiger partial charge in [0.15, 0.2) is 4.80 Å². The van der Waals surface area contributed by atoms with Crippen molar-refractivity contribution in [2.75, 3.05) is 32.7 Å². The Labute approximate surface area is 215 Å². The van der Waals surface area contributed by atoms with Crippen LogP contribution in [-0.4, -0.2) is 38.3 Å². The van der Waals surface area contributed by atoms with Crippen LogP contribution in [0.1, 0.15) is 31.0 Å². The lowest BCUT2D eigenvalue weighted by atomic mass is 9.96. The monoisotopic (exact) mass is 555 g/mol. The number of ether oxygens (including phenoxy) is 2. The molecule has 0 spiro atoms. The molecule has 0 fully saturated rings. The number of nitrogens with zero attached hydrogens (tertiary/aromatic N) is 3. The van der Waals surface area contributed by atoms with Gasteiger partial charge < -0.3 is 14.4 Å². The van der Waals surface area contributed by atoms with E-state index in [0.29, 0.717) is 26.4 Å². The first-order chi connectivity index (χ1) is 16.7. The number of allylic oxidation sites excluding steroid dienone is 1. The van der Waals surface area contributed by atoms with E-state index in [-0.39, 0.29) is 12.2 Å². The SMILES string of the molecule is CCOC(=O)C1=C(C)N=c2s/c(=C\c3ccc(N(C)C)cc3)c(=O)n2C1c1ccc(OC)c(Br)c1. The van der Waals surface area contributed by atoms with Gasteiger partial charge in [-0.25, -0.2) is 9.79 Å². The van der Waals surface area contributed by atoms with Gasteiger partial charge in [0.1, 0.15) is 5.75 Å². The molecule has 1 aromatic heterocycles. The summed E-state index contributed by atoms with van der Waals surface area (Å²) in [5.74, 6) is 0.167. The van der Waals surface area contributed by atoms with Crippen LogP contribution in [0.15, 0.2) is 68.0 Å². The fourth-order valence-electron chi connectivity index (χ4n) is 3.98. The molecule has 0 amide bonds. The number of methoxy groups -OCH3 is 1. The Kier molecular flexibility index (Phi) is 7.28. The van der Waals surface area contributed by atoms with E-state index < -0.39 is 12.0 Å². The summed E-state index contributed by atoms with van der Waals surface area (Å²) in [6.45, 7) is 3.75. The van der Waals surface area contributed by atoms with Crippen molar-refractivity contribution in [1.29, 1.82) is 0 Å². The van der Waals surface area contributed by atoms with Gasteiger partial charge in [0.05, 0.1) is 40.0 Å². The third kappa shape index (κ3) is 4.83. The first kappa shape index (κ1) is 24.9. The van der Waals surface area contributed by atoms with E-state index in [9.17, 15) is 9.59 Å². The quantitative estimate of drug-likeness (QED) is 0.434. The zero-order valence-corrected chi connectivity index (χ0v) is 22.6. The Morgan fingerprint density at radius 3 is 2.54 bits per heavy atom. The van der Waals surface area contributed by atoms with Crippen molar-refractivity contribution in [1.82, 2.24) is 4.57 Å². The minimum Gasteiger partial charge on any atom is -0.496 e. The van der Waals surface area contributed by atoms with Crippen LogP contribution in [-0.2, 0) is 9.53 Å². The lowest BCUT2D eigenvalue weighted by Crippen LogP contribution is -2.39. The van der Waals surface area contributed by atoms with Crippen LogP contribution in [0.2, 0.25) is 0 Å².